The first kappa shape index (κ1) is 17.3. The fraction of sp³-hybridized carbons (Fsp3) is 0.400. The highest BCUT2D eigenvalue weighted by Crippen LogP contribution is 2.37. The smallest absolute Gasteiger partial charge is 0.173 e. The van der Waals surface area contributed by atoms with Crippen LogP contribution in [0.4, 0.5) is 0 Å². The van der Waals surface area contributed by atoms with Crippen LogP contribution in [-0.4, -0.2) is 26.8 Å². The lowest BCUT2D eigenvalue weighted by atomic mass is 9.95. The van der Waals surface area contributed by atoms with Crippen LogP contribution in [-0.2, 0) is 6.54 Å². The Morgan fingerprint density at radius 1 is 1.31 bits per heavy atom. The molecule has 136 valence electrons. The number of aryl methyl sites for hydroxylation is 1. The number of nitrogens with zero attached hydrogens (tertiary/aromatic N) is 3. The van der Waals surface area contributed by atoms with E-state index in [4.69, 9.17) is 16.1 Å². The van der Waals surface area contributed by atoms with Crippen molar-refractivity contribution in [1.82, 2.24) is 20.3 Å². The van der Waals surface area contributed by atoms with Crippen molar-refractivity contribution in [3.8, 4) is 11.3 Å². The van der Waals surface area contributed by atoms with Gasteiger partial charge in [-0.3, -0.25) is 10.00 Å². The van der Waals surface area contributed by atoms with Gasteiger partial charge in [-0.05, 0) is 50.9 Å². The predicted molar refractivity (Wildman–Crippen MR) is 102 cm³/mol. The summed E-state index contributed by atoms with van der Waals surface area (Å²) in [5.74, 6) is 0.819. The summed E-state index contributed by atoms with van der Waals surface area (Å²) in [6, 6.07) is 8.39. The average Bonchev–Trinajstić information content (AvgIpc) is 3.23. The molecule has 1 N–H and O–H groups in total. The van der Waals surface area contributed by atoms with Gasteiger partial charge >= 0.3 is 0 Å². The van der Waals surface area contributed by atoms with Crippen molar-refractivity contribution < 1.29 is 4.52 Å². The predicted octanol–water partition coefficient (Wildman–Crippen LogP) is 5.06. The number of benzene rings is 1. The van der Waals surface area contributed by atoms with Crippen LogP contribution in [0.2, 0.25) is 5.02 Å². The first-order chi connectivity index (χ1) is 12.6. The largest absolute Gasteiger partial charge is 0.356 e. The van der Waals surface area contributed by atoms with Crippen molar-refractivity contribution in [2.45, 2.75) is 45.7 Å². The van der Waals surface area contributed by atoms with E-state index in [-0.39, 0.29) is 6.04 Å². The van der Waals surface area contributed by atoms with Gasteiger partial charge in [-0.2, -0.15) is 5.10 Å². The van der Waals surface area contributed by atoms with Gasteiger partial charge in [0.25, 0.3) is 0 Å². The third-order valence-electron chi connectivity index (χ3n) is 5.29. The second-order valence-corrected chi connectivity index (χ2v) is 7.47. The molecule has 5 nitrogen and oxygen atoms in total. The van der Waals surface area contributed by atoms with Crippen LogP contribution in [0.5, 0.6) is 0 Å². The molecule has 1 aliphatic heterocycles. The first-order valence-corrected chi connectivity index (χ1v) is 9.46. The minimum Gasteiger partial charge on any atom is -0.356 e. The minimum absolute atomic E-state index is 0.282. The van der Waals surface area contributed by atoms with Gasteiger partial charge in [0.2, 0.25) is 0 Å². The monoisotopic (exact) mass is 370 g/mol. The lowest BCUT2D eigenvalue weighted by Gasteiger charge is -2.35. The zero-order chi connectivity index (χ0) is 18.1. The lowest BCUT2D eigenvalue weighted by molar-refractivity contribution is 0.137. The number of halogens is 1. The fourth-order valence-electron chi connectivity index (χ4n) is 3.77. The van der Waals surface area contributed by atoms with Crippen molar-refractivity contribution in [3.63, 3.8) is 0 Å². The lowest BCUT2D eigenvalue weighted by Crippen LogP contribution is -2.33. The molecule has 0 unspecified atom stereocenters. The maximum Gasteiger partial charge on any atom is 0.173 e. The van der Waals surface area contributed by atoms with E-state index in [1.54, 1.807) is 0 Å². The molecule has 1 aliphatic rings. The molecule has 1 atom stereocenters. The second kappa shape index (κ2) is 7.25. The van der Waals surface area contributed by atoms with Crippen molar-refractivity contribution >= 4 is 11.6 Å². The van der Waals surface area contributed by atoms with Crippen LogP contribution in [0, 0.1) is 13.8 Å². The Kier molecular flexibility index (Phi) is 4.83. The third-order valence-corrected chi connectivity index (χ3v) is 5.53. The van der Waals surface area contributed by atoms with Crippen molar-refractivity contribution in [3.05, 3.63) is 58.0 Å². The van der Waals surface area contributed by atoms with Crippen molar-refractivity contribution in [1.29, 1.82) is 0 Å². The molecule has 26 heavy (non-hydrogen) atoms. The van der Waals surface area contributed by atoms with Crippen LogP contribution < -0.4 is 0 Å². The number of hydrogen-bond donors (Lipinski definition) is 1. The topological polar surface area (TPSA) is 58.0 Å². The molecular weight excluding hydrogens is 348 g/mol. The normalized spacial score (nSPS) is 18.3. The van der Waals surface area contributed by atoms with Crippen LogP contribution in [0.25, 0.3) is 11.3 Å². The zero-order valence-corrected chi connectivity index (χ0v) is 15.9. The van der Waals surface area contributed by atoms with Crippen molar-refractivity contribution in [2.75, 3.05) is 6.54 Å². The van der Waals surface area contributed by atoms with Gasteiger partial charge < -0.3 is 4.52 Å². The Labute approximate surface area is 158 Å². The zero-order valence-electron chi connectivity index (χ0n) is 15.1. The molecule has 1 fully saturated rings. The molecule has 6 heteroatoms. The van der Waals surface area contributed by atoms with Gasteiger partial charge in [-0.15, -0.1) is 0 Å². The summed E-state index contributed by atoms with van der Waals surface area (Å²) in [6.45, 7) is 5.94. The summed E-state index contributed by atoms with van der Waals surface area (Å²) >= 11 is 6.17. The molecule has 3 aromatic rings. The molecule has 2 aromatic heterocycles. The highest BCUT2D eigenvalue weighted by atomic mass is 35.5. The Morgan fingerprint density at radius 3 is 2.96 bits per heavy atom. The number of nitrogens with one attached hydrogen (secondary N) is 1. The van der Waals surface area contributed by atoms with E-state index in [9.17, 15) is 0 Å². The standard InChI is InChI=1S/C20H23ClN4O/c1-13-14(2)24-26-20(13)17-11-22-23-19(17)18-8-3-4-9-25(18)12-15-6-5-7-16(21)10-15/h5-7,10-11,18H,3-4,8-9,12H2,1-2H3,(H,22,23)/t18-/m0/s1. The maximum absolute atomic E-state index is 6.17. The molecule has 0 amide bonds. The Hall–Kier alpha value is -2.11. The molecule has 0 aliphatic carbocycles. The number of piperidine rings is 1. The van der Waals surface area contributed by atoms with Crippen LogP contribution in [0.3, 0.4) is 0 Å². The molecule has 1 saturated heterocycles. The maximum atomic E-state index is 6.17. The van der Waals surface area contributed by atoms with E-state index in [1.165, 1.54) is 18.4 Å². The number of rotatable bonds is 4. The summed E-state index contributed by atoms with van der Waals surface area (Å²) in [4.78, 5) is 2.50. The Morgan fingerprint density at radius 2 is 2.19 bits per heavy atom. The van der Waals surface area contributed by atoms with E-state index < -0.39 is 0 Å². The Bertz CT molecular complexity index is 901. The summed E-state index contributed by atoms with van der Waals surface area (Å²) in [5, 5.41) is 12.4. The molecule has 4 rings (SSSR count). The summed E-state index contributed by atoms with van der Waals surface area (Å²) in [5.41, 5.74) is 5.37. The molecule has 1 aromatic carbocycles. The third kappa shape index (κ3) is 3.29. The van der Waals surface area contributed by atoms with E-state index in [0.717, 1.165) is 52.8 Å². The summed E-state index contributed by atoms with van der Waals surface area (Å²) in [7, 11) is 0. The number of hydrogen-bond acceptors (Lipinski definition) is 4. The van der Waals surface area contributed by atoms with Crippen molar-refractivity contribution in [2.24, 2.45) is 0 Å². The van der Waals surface area contributed by atoms with Gasteiger partial charge in [0.15, 0.2) is 5.76 Å². The van der Waals surface area contributed by atoms with E-state index in [2.05, 4.69) is 26.3 Å². The van der Waals surface area contributed by atoms with Gasteiger partial charge in [-0.25, -0.2) is 0 Å². The average molecular weight is 371 g/mol. The second-order valence-electron chi connectivity index (χ2n) is 7.03. The SMILES string of the molecule is Cc1noc(-c2cn[nH]c2[C@@H]2CCCCN2Cc2cccc(Cl)c2)c1C. The number of aromatic nitrogens is 3. The minimum atomic E-state index is 0.282. The molecule has 0 saturated carbocycles. The highest BCUT2D eigenvalue weighted by molar-refractivity contribution is 6.30. The molecule has 0 spiro atoms. The van der Waals surface area contributed by atoms with Crippen LogP contribution >= 0.6 is 11.6 Å². The number of H-pyrrole nitrogens is 1. The quantitative estimate of drug-likeness (QED) is 0.697. The summed E-state index contributed by atoms with van der Waals surface area (Å²) in [6.07, 6.45) is 5.38. The van der Waals surface area contributed by atoms with Crippen LogP contribution in [0.1, 0.15) is 47.8 Å². The van der Waals surface area contributed by atoms with Gasteiger partial charge in [0, 0.05) is 17.1 Å². The number of likely N-dealkylation sites (tertiary alicyclic amines) is 1. The van der Waals surface area contributed by atoms with Gasteiger partial charge in [0.1, 0.15) is 0 Å². The fourth-order valence-corrected chi connectivity index (χ4v) is 3.99. The molecule has 0 radical (unpaired) electrons. The molecule has 3 heterocycles. The first-order valence-electron chi connectivity index (χ1n) is 9.08. The number of aromatic amines is 1. The summed E-state index contributed by atoms with van der Waals surface area (Å²) < 4.78 is 5.59. The van der Waals surface area contributed by atoms with E-state index in [1.807, 2.05) is 38.2 Å². The highest BCUT2D eigenvalue weighted by Gasteiger charge is 2.29. The van der Waals surface area contributed by atoms with E-state index in [0.29, 0.717) is 0 Å². The van der Waals surface area contributed by atoms with E-state index >= 15 is 0 Å². The molecule has 0 bridgehead atoms. The Balaban J connectivity index is 1.65. The van der Waals surface area contributed by atoms with Crippen LogP contribution in [0.15, 0.2) is 35.0 Å². The van der Waals surface area contributed by atoms with Gasteiger partial charge in [-0.1, -0.05) is 35.3 Å². The van der Waals surface area contributed by atoms with Gasteiger partial charge in [0.05, 0.1) is 29.2 Å². The molecular formula is C20H23ClN4O.